The van der Waals surface area contributed by atoms with Crippen LogP contribution in [0.3, 0.4) is 0 Å². The highest BCUT2D eigenvalue weighted by atomic mass is 35.5. The van der Waals surface area contributed by atoms with E-state index in [9.17, 15) is 9.59 Å². The summed E-state index contributed by atoms with van der Waals surface area (Å²) >= 11 is 7.18. The Morgan fingerprint density at radius 3 is 2.47 bits per heavy atom. The Labute approximate surface area is 205 Å². The van der Waals surface area contributed by atoms with E-state index in [1.807, 2.05) is 23.6 Å². The number of hydrogen-bond donors (Lipinski definition) is 2. The van der Waals surface area contributed by atoms with Gasteiger partial charge in [-0.3, -0.25) is 14.6 Å². The summed E-state index contributed by atoms with van der Waals surface area (Å²) in [5.74, 6) is 0.411. The van der Waals surface area contributed by atoms with Gasteiger partial charge in [0.25, 0.3) is 5.91 Å². The van der Waals surface area contributed by atoms with Crippen molar-refractivity contribution >= 4 is 46.6 Å². The summed E-state index contributed by atoms with van der Waals surface area (Å²) in [6.07, 6.45) is 3.43. The number of carbonyl (C=O) groups excluding carboxylic acids is 2. The van der Waals surface area contributed by atoms with Crippen molar-refractivity contribution in [2.45, 2.75) is 18.6 Å². The second-order valence-corrected chi connectivity index (χ2v) is 8.55. The number of pyridine rings is 1. The molecule has 34 heavy (non-hydrogen) atoms. The molecule has 2 heterocycles. The normalized spacial score (nSPS) is 10.6. The largest absolute Gasteiger partial charge is 0.325 e. The number of thioether (sulfide) groups is 1. The standard InChI is InChI=1S/C24H21ClN6O2S/c1-2-31-22(17-5-4-12-26-14-17)29-30-24(31)34-15-21(32)27-19-6-3-7-20(13-19)28-23(33)16-8-10-18(25)11-9-16/h3-14H,2,15H2,1H3,(H,27,32)(H,28,33). The van der Waals surface area contributed by atoms with E-state index in [2.05, 4.69) is 25.8 Å². The molecular weight excluding hydrogens is 472 g/mol. The van der Waals surface area contributed by atoms with Crippen molar-refractivity contribution in [3.05, 3.63) is 83.6 Å². The quantitative estimate of drug-likeness (QED) is 0.336. The van der Waals surface area contributed by atoms with E-state index >= 15 is 0 Å². The van der Waals surface area contributed by atoms with Crippen molar-refractivity contribution in [3.8, 4) is 11.4 Å². The smallest absolute Gasteiger partial charge is 0.255 e. The van der Waals surface area contributed by atoms with E-state index in [-0.39, 0.29) is 17.6 Å². The van der Waals surface area contributed by atoms with Crippen LogP contribution < -0.4 is 10.6 Å². The van der Waals surface area contributed by atoms with Gasteiger partial charge in [-0.2, -0.15) is 0 Å². The lowest BCUT2D eigenvalue weighted by atomic mass is 10.2. The van der Waals surface area contributed by atoms with Crippen LogP contribution in [0.1, 0.15) is 17.3 Å². The second kappa shape index (κ2) is 11.0. The fourth-order valence-electron chi connectivity index (χ4n) is 3.20. The molecule has 0 saturated heterocycles. The summed E-state index contributed by atoms with van der Waals surface area (Å²) in [5.41, 5.74) is 2.50. The number of carbonyl (C=O) groups is 2. The van der Waals surface area contributed by atoms with Crippen LogP contribution in [0.25, 0.3) is 11.4 Å². The molecule has 0 aliphatic rings. The van der Waals surface area contributed by atoms with Crippen LogP contribution in [0.15, 0.2) is 78.2 Å². The molecule has 8 nitrogen and oxygen atoms in total. The summed E-state index contributed by atoms with van der Waals surface area (Å²) in [4.78, 5) is 29.1. The number of rotatable bonds is 8. The maximum absolute atomic E-state index is 12.5. The summed E-state index contributed by atoms with van der Waals surface area (Å²) in [6.45, 7) is 2.66. The third kappa shape index (κ3) is 5.81. The molecule has 10 heteroatoms. The van der Waals surface area contributed by atoms with Crippen molar-refractivity contribution < 1.29 is 9.59 Å². The topological polar surface area (TPSA) is 102 Å². The number of aromatic nitrogens is 4. The lowest BCUT2D eigenvalue weighted by Gasteiger charge is -2.10. The van der Waals surface area contributed by atoms with Gasteiger partial charge in [0.1, 0.15) is 0 Å². The number of hydrogen-bond acceptors (Lipinski definition) is 6. The Bertz CT molecular complexity index is 1290. The second-order valence-electron chi connectivity index (χ2n) is 7.17. The fourth-order valence-corrected chi connectivity index (χ4v) is 4.12. The van der Waals surface area contributed by atoms with E-state index in [1.165, 1.54) is 11.8 Å². The highest BCUT2D eigenvalue weighted by Crippen LogP contribution is 2.24. The molecule has 0 radical (unpaired) electrons. The zero-order valence-corrected chi connectivity index (χ0v) is 19.8. The van der Waals surface area contributed by atoms with Gasteiger partial charge in [-0.15, -0.1) is 10.2 Å². The van der Waals surface area contributed by atoms with Crippen LogP contribution in [0.5, 0.6) is 0 Å². The molecule has 2 aromatic heterocycles. The van der Waals surface area contributed by atoms with Crippen molar-refractivity contribution in [2.24, 2.45) is 0 Å². The number of amides is 2. The van der Waals surface area contributed by atoms with Gasteiger partial charge >= 0.3 is 0 Å². The van der Waals surface area contributed by atoms with E-state index in [1.54, 1.807) is 60.9 Å². The van der Waals surface area contributed by atoms with Crippen LogP contribution in [0.2, 0.25) is 5.02 Å². The molecule has 0 aliphatic carbocycles. The Hall–Kier alpha value is -3.69. The summed E-state index contributed by atoms with van der Waals surface area (Å²) < 4.78 is 1.95. The lowest BCUT2D eigenvalue weighted by Crippen LogP contribution is -2.15. The van der Waals surface area contributed by atoms with Gasteiger partial charge in [-0.25, -0.2) is 0 Å². The van der Waals surface area contributed by atoms with Gasteiger partial charge in [0, 0.05) is 46.5 Å². The molecule has 0 atom stereocenters. The highest BCUT2D eigenvalue weighted by molar-refractivity contribution is 7.99. The van der Waals surface area contributed by atoms with Gasteiger partial charge in [0.2, 0.25) is 5.91 Å². The molecule has 0 fully saturated rings. The molecular formula is C24H21ClN6O2S. The van der Waals surface area contributed by atoms with Crippen molar-refractivity contribution in [3.63, 3.8) is 0 Å². The van der Waals surface area contributed by atoms with Crippen LogP contribution in [-0.2, 0) is 11.3 Å². The Morgan fingerprint density at radius 1 is 1.00 bits per heavy atom. The predicted molar refractivity (Wildman–Crippen MR) is 134 cm³/mol. The first-order valence-corrected chi connectivity index (χ1v) is 11.8. The fraction of sp³-hybridized carbons (Fsp3) is 0.125. The molecule has 2 N–H and O–H groups in total. The van der Waals surface area contributed by atoms with Crippen LogP contribution in [-0.4, -0.2) is 37.3 Å². The number of benzene rings is 2. The van der Waals surface area contributed by atoms with E-state index in [4.69, 9.17) is 11.6 Å². The third-order valence-corrected chi connectivity index (χ3v) is 6.01. The minimum Gasteiger partial charge on any atom is -0.325 e. The molecule has 0 aliphatic heterocycles. The Morgan fingerprint density at radius 2 is 1.76 bits per heavy atom. The summed E-state index contributed by atoms with van der Waals surface area (Å²) in [5, 5.41) is 15.4. The maximum atomic E-state index is 12.5. The van der Waals surface area contributed by atoms with Crippen LogP contribution in [0, 0.1) is 0 Å². The minimum absolute atomic E-state index is 0.159. The predicted octanol–water partition coefficient (Wildman–Crippen LogP) is 5.00. The number of halogens is 1. The van der Waals surface area contributed by atoms with Gasteiger partial charge in [-0.05, 0) is 61.5 Å². The molecule has 0 saturated carbocycles. The molecule has 4 rings (SSSR count). The van der Waals surface area contributed by atoms with Crippen molar-refractivity contribution in [2.75, 3.05) is 16.4 Å². The zero-order valence-electron chi connectivity index (χ0n) is 18.2. The maximum Gasteiger partial charge on any atom is 0.255 e. The summed E-state index contributed by atoms with van der Waals surface area (Å²) in [7, 11) is 0. The van der Waals surface area contributed by atoms with Gasteiger partial charge in [-0.1, -0.05) is 29.4 Å². The van der Waals surface area contributed by atoms with Gasteiger partial charge in [0.15, 0.2) is 11.0 Å². The number of anilines is 2. The molecule has 2 aromatic carbocycles. The first kappa shape index (κ1) is 23.5. The molecule has 4 aromatic rings. The summed E-state index contributed by atoms with van der Waals surface area (Å²) in [6, 6.07) is 17.3. The molecule has 0 bridgehead atoms. The third-order valence-electron chi connectivity index (χ3n) is 4.80. The van der Waals surface area contributed by atoms with Gasteiger partial charge < -0.3 is 15.2 Å². The first-order chi connectivity index (χ1) is 16.5. The van der Waals surface area contributed by atoms with E-state index in [0.717, 1.165) is 5.56 Å². The lowest BCUT2D eigenvalue weighted by molar-refractivity contribution is -0.113. The van der Waals surface area contributed by atoms with Crippen molar-refractivity contribution in [1.82, 2.24) is 19.7 Å². The molecule has 2 amide bonds. The number of nitrogens with zero attached hydrogens (tertiary/aromatic N) is 4. The van der Waals surface area contributed by atoms with Crippen LogP contribution >= 0.6 is 23.4 Å². The molecule has 0 spiro atoms. The van der Waals surface area contributed by atoms with Crippen molar-refractivity contribution in [1.29, 1.82) is 0 Å². The average Bonchev–Trinajstić information content (AvgIpc) is 3.27. The average molecular weight is 493 g/mol. The van der Waals surface area contributed by atoms with Gasteiger partial charge in [0.05, 0.1) is 5.75 Å². The van der Waals surface area contributed by atoms with E-state index < -0.39 is 0 Å². The molecule has 0 unspecified atom stereocenters. The monoisotopic (exact) mass is 492 g/mol. The van der Waals surface area contributed by atoms with Crippen LogP contribution in [0.4, 0.5) is 11.4 Å². The Balaban J connectivity index is 1.36. The first-order valence-electron chi connectivity index (χ1n) is 10.5. The van der Waals surface area contributed by atoms with E-state index in [0.29, 0.717) is 39.5 Å². The molecule has 172 valence electrons. The zero-order chi connectivity index (χ0) is 23.9. The number of nitrogens with one attached hydrogen (secondary N) is 2. The minimum atomic E-state index is -0.265. The SMILES string of the molecule is CCn1c(SCC(=O)Nc2cccc(NC(=O)c3ccc(Cl)cc3)c2)nnc1-c1cccnc1. The Kier molecular flexibility index (Phi) is 7.56. The highest BCUT2D eigenvalue weighted by Gasteiger charge is 2.15.